The van der Waals surface area contributed by atoms with Crippen molar-refractivity contribution in [2.45, 2.75) is 17.2 Å². The second-order valence-corrected chi connectivity index (χ2v) is 6.18. The predicted octanol–water partition coefficient (Wildman–Crippen LogP) is 2.38. The summed E-state index contributed by atoms with van der Waals surface area (Å²) in [5.74, 6) is 0.597. The summed E-state index contributed by atoms with van der Waals surface area (Å²) in [7, 11) is -3.43. The van der Waals surface area contributed by atoms with Crippen LogP contribution in [0.25, 0.3) is 0 Å². The van der Waals surface area contributed by atoms with E-state index < -0.39 is 10.0 Å². The van der Waals surface area contributed by atoms with Gasteiger partial charge in [-0.2, -0.15) is 0 Å². The third kappa shape index (κ3) is 2.34. The number of rotatable bonds is 4. The Morgan fingerprint density at radius 1 is 1.38 bits per heavy atom. The number of nitrogens with one attached hydrogen (secondary N) is 1. The third-order valence-corrected chi connectivity index (χ3v) is 5.00. The first kappa shape index (κ1) is 11.4. The Balaban J connectivity index is 2.16. The Morgan fingerprint density at radius 2 is 2.19 bits per heavy atom. The van der Waals surface area contributed by atoms with Gasteiger partial charge in [-0.1, -0.05) is 6.07 Å². The van der Waals surface area contributed by atoms with E-state index in [4.69, 9.17) is 4.42 Å². The molecule has 0 fully saturated rings. The standard InChI is InChI=1S/C10H11NO3S2/c1-8(9-4-2-6-14-9)11-16(12,13)10-5-3-7-15-10/h2-8,11H,1H3. The van der Waals surface area contributed by atoms with Gasteiger partial charge in [-0.3, -0.25) is 0 Å². The van der Waals surface area contributed by atoms with Crippen molar-refractivity contribution in [3.63, 3.8) is 0 Å². The van der Waals surface area contributed by atoms with Crippen LogP contribution in [0.2, 0.25) is 0 Å². The van der Waals surface area contributed by atoms with Crippen molar-refractivity contribution < 1.29 is 12.8 Å². The number of hydrogen-bond acceptors (Lipinski definition) is 4. The topological polar surface area (TPSA) is 59.3 Å². The molecule has 2 rings (SSSR count). The Bertz CT molecular complexity index is 529. The molecule has 4 nitrogen and oxygen atoms in total. The number of hydrogen-bond donors (Lipinski definition) is 1. The van der Waals surface area contributed by atoms with E-state index >= 15 is 0 Å². The van der Waals surface area contributed by atoms with Gasteiger partial charge in [-0.15, -0.1) is 11.3 Å². The molecule has 1 N–H and O–H groups in total. The van der Waals surface area contributed by atoms with E-state index in [0.29, 0.717) is 9.97 Å². The molecule has 0 aliphatic rings. The first-order chi connectivity index (χ1) is 7.59. The van der Waals surface area contributed by atoms with Crippen molar-refractivity contribution in [1.82, 2.24) is 4.72 Å². The maximum Gasteiger partial charge on any atom is 0.250 e. The third-order valence-electron chi connectivity index (χ3n) is 2.06. The molecule has 1 atom stereocenters. The van der Waals surface area contributed by atoms with Crippen LogP contribution in [0.4, 0.5) is 0 Å². The van der Waals surface area contributed by atoms with Crippen LogP contribution in [0.15, 0.2) is 44.5 Å². The first-order valence-electron chi connectivity index (χ1n) is 4.69. The zero-order chi connectivity index (χ0) is 11.6. The van der Waals surface area contributed by atoms with Crippen LogP contribution in [0.5, 0.6) is 0 Å². The quantitative estimate of drug-likeness (QED) is 0.914. The van der Waals surface area contributed by atoms with Crippen LogP contribution >= 0.6 is 11.3 Å². The fourth-order valence-electron chi connectivity index (χ4n) is 1.30. The minimum absolute atomic E-state index is 0.311. The van der Waals surface area contributed by atoms with Gasteiger partial charge < -0.3 is 4.42 Å². The predicted molar refractivity (Wildman–Crippen MR) is 61.8 cm³/mol. The Morgan fingerprint density at radius 3 is 2.75 bits per heavy atom. The maximum absolute atomic E-state index is 11.9. The SMILES string of the molecule is CC(NS(=O)(=O)c1cccs1)c1ccco1. The minimum Gasteiger partial charge on any atom is -0.468 e. The second-order valence-electron chi connectivity index (χ2n) is 3.29. The molecule has 0 bridgehead atoms. The highest BCUT2D eigenvalue weighted by molar-refractivity contribution is 7.91. The van der Waals surface area contributed by atoms with Gasteiger partial charge in [0.05, 0.1) is 12.3 Å². The molecule has 0 radical (unpaired) electrons. The molecule has 2 heterocycles. The smallest absolute Gasteiger partial charge is 0.250 e. The van der Waals surface area contributed by atoms with Gasteiger partial charge in [-0.05, 0) is 30.5 Å². The average molecular weight is 257 g/mol. The summed E-state index contributed by atoms with van der Waals surface area (Å²) in [5.41, 5.74) is 0. The van der Waals surface area contributed by atoms with E-state index in [-0.39, 0.29) is 6.04 Å². The highest BCUT2D eigenvalue weighted by Crippen LogP contribution is 2.20. The summed E-state index contributed by atoms with van der Waals surface area (Å²) in [6.45, 7) is 1.74. The van der Waals surface area contributed by atoms with Crippen LogP contribution in [-0.2, 0) is 10.0 Å². The molecule has 2 aromatic rings. The first-order valence-corrected chi connectivity index (χ1v) is 7.05. The summed E-state index contributed by atoms with van der Waals surface area (Å²) in [5, 5.41) is 1.73. The van der Waals surface area contributed by atoms with Gasteiger partial charge in [0.1, 0.15) is 9.97 Å². The van der Waals surface area contributed by atoms with E-state index in [2.05, 4.69) is 4.72 Å². The summed E-state index contributed by atoms with van der Waals surface area (Å²) in [6, 6.07) is 6.37. The monoisotopic (exact) mass is 257 g/mol. The molecule has 2 aromatic heterocycles. The van der Waals surface area contributed by atoms with Gasteiger partial charge >= 0.3 is 0 Å². The molecule has 0 saturated heterocycles. The number of sulfonamides is 1. The molecule has 0 amide bonds. The molecule has 0 spiro atoms. The molecular formula is C10H11NO3S2. The summed E-state index contributed by atoms with van der Waals surface area (Å²) < 4.78 is 31.7. The van der Waals surface area contributed by atoms with Crippen molar-refractivity contribution >= 4 is 21.4 Å². The number of thiophene rings is 1. The molecule has 0 aliphatic heterocycles. The van der Waals surface area contributed by atoms with Gasteiger partial charge in [-0.25, -0.2) is 13.1 Å². The molecule has 16 heavy (non-hydrogen) atoms. The van der Waals surface area contributed by atoms with E-state index in [1.54, 1.807) is 36.6 Å². The number of furan rings is 1. The summed E-state index contributed by atoms with van der Waals surface area (Å²) in [4.78, 5) is 0. The zero-order valence-corrected chi connectivity index (χ0v) is 10.2. The van der Waals surface area contributed by atoms with E-state index in [1.165, 1.54) is 17.6 Å². The Hall–Kier alpha value is -1.11. The van der Waals surface area contributed by atoms with Crippen molar-refractivity contribution in [1.29, 1.82) is 0 Å². The molecule has 6 heteroatoms. The second kappa shape index (κ2) is 4.40. The Kier molecular flexibility index (Phi) is 3.13. The van der Waals surface area contributed by atoms with Crippen LogP contribution in [0.3, 0.4) is 0 Å². The lowest BCUT2D eigenvalue weighted by Crippen LogP contribution is -2.25. The van der Waals surface area contributed by atoms with E-state index in [9.17, 15) is 8.42 Å². The van der Waals surface area contributed by atoms with Crippen LogP contribution in [0.1, 0.15) is 18.7 Å². The molecule has 0 aliphatic carbocycles. The average Bonchev–Trinajstić information content (AvgIpc) is 2.91. The van der Waals surface area contributed by atoms with Crippen molar-refractivity contribution in [2.75, 3.05) is 0 Å². The van der Waals surface area contributed by atoms with Gasteiger partial charge in [0.25, 0.3) is 10.0 Å². The van der Waals surface area contributed by atoms with Crippen LogP contribution in [0, 0.1) is 0 Å². The zero-order valence-electron chi connectivity index (χ0n) is 8.58. The highest BCUT2D eigenvalue weighted by Gasteiger charge is 2.20. The minimum atomic E-state index is -3.43. The molecule has 1 unspecified atom stereocenters. The molecule has 0 aromatic carbocycles. The summed E-state index contributed by atoms with van der Waals surface area (Å²) in [6.07, 6.45) is 1.52. The van der Waals surface area contributed by atoms with Crippen LogP contribution in [-0.4, -0.2) is 8.42 Å². The molecular weight excluding hydrogens is 246 g/mol. The lowest BCUT2D eigenvalue weighted by molar-refractivity contribution is 0.459. The fourth-order valence-corrected chi connectivity index (χ4v) is 3.52. The lowest BCUT2D eigenvalue weighted by Gasteiger charge is -2.10. The lowest BCUT2D eigenvalue weighted by atomic mass is 10.3. The largest absolute Gasteiger partial charge is 0.468 e. The van der Waals surface area contributed by atoms with Gasteiger partial charge in [0.15, 0.2) is 0 Å². The van der Waals surface area contributed by atoms with Crippen molar-refractivity contribution in [3.05, 3.63) is 41.7 Å². The fraction of sp³-hybridized carbons (Fsp3) is 0.200. The maximum atomic E-state index is 11.9. The highest BCUT2D eigenvalue weighted by atomic mass is 32.2. The van der Waals surface area contributed by atoms with Crippen molar-refractivity contribution in [2.24, 2.45) is 0 Å². The van der Waals surface area contributed by atoms with Crippen molar-refractivity contribution in [3.8, 4) is 0 Å². The Labute approximate surface area is 98.0 Å². The van der Waals surface area contributed by atoms with E-state index in [1.807, 2.05) is 0 Å². The van der Waals surface area contributed by atoms with Gasteiger partial charge in [0.2, 0.25) is 0 Å². The van der Waals surface area contributed by atoms with Gasteiger partial charge in [0, 0.05) is 0 Å². The van der Waals surface area contributed by atoms with E-state index in [0.717, 1.165) is 0 Å². The summed E-state index contributed by atoms with van der Waals surface area (Å²) >= 11 is 1.19. The normalized spacial score (nSPS) is 13.8. The molecule has 0 saturated carbocycles. The van der Waals surface area contributed by atoms with Crippen LogP contribution < -0.4 is 4.72 Å². The molecule has 86 valence electrons.